The Balaban J connectivity index is 2.98. The van der Waals surface area contributed by atoms with Crippen LogP contribution in [-0.4, -0.2) is 14.5 Å². The summed E-state index contributed by atoms with van der Waals surface area (Å²) < 4.78 is 40.4. The number of hydrogen-bond acceptors (Lipinski definition) is 3. The maximum atomic E-state index is 13.7. The van der Waals surface area contributed by atoms with Crippen molar-refractivity contribution in [3.8, 4) is 0 Å². The zero-order valence-electron chi connectivity index (χ0n) is 11.5. The third kappa shape index (κ3) is 3.91. The van der Waals surface area contributed by atoms with E-state index in [2.05, 4.69) is 4.72 Å². The quantitative estimate of drug-likeness (QED) is 0.790. The Morgan fingerprint density at radius 2 is 1.89 bits per heavy atom. The molecule has 6 heteroatoms. The van der Waals surface area contributed by atoms with E-state index in [-0.39, 0.29) is 22.5 Å². The summed E-state index contributed by atoms with van der Waals surface area (Å²) in [6.45, 7) is 5.80. The highest BCUT2D eigenvalue weighted by Gasteiger charge is 2.24. The van der Waals surface area contributed by atoms with Crippen LogP contribution >= 0.6 is 0 Å². The molecule has 0 bridgehead atoms. The SMILES string of the molecule is CCC(CC)C(C)NS(=O)(=O)c1ccc(N)cc1F. The van der Waals surface area contributed by atoms with Crippen molar-refractivity contribution >= 4 is 15.7 Å². The number of hydrogen-bond donors (Lipinski definition) is 2. The van der Waals surface area contributed by atoms with Gasteiger partial charge in [-0.3, -0.25) is 0 Å². The van der Waals surface area contributed by atoms with Gasteiger partial charge in [0.25, 0.3) is 0 Å². The van der Waals surface area contributed by atoms with Crippen molar-refractivity contribution in [3.63, 3.8) is 0 Å². The molecule has 1 aromatic rings. The minimum atomic E-state index is -3.85. The molecule has 1 atom stereocenters. The van der Waals surface area contributed by atoms with Gasteiger partial charge >= 0.3 is 0 Å². The van der Waals surface area contributed by atoms with Crippen LogP contribution in [0.4, 0.5) is 10.1 Å². The van der Waals surface area contributed by atoms with E-state index < -0.39 is 15.8 Å². The van der Waals surface area contributed by atoms with Crippen LogP contribution in [0.25, 0.3) is 0 Å². The second-order valence-electron chi connectivity index (χ2n) is 4.68. The summed E-state index contributed by atoms with van der Waals surface area (Å²) in [5.41, 5.74) is 5.61. The minimum Gasteiger partial charge on any atom is -0.399 e. The molecule has 0 amide bonds. The van der Waals surface area contributed by atoms with Crippen LogP contribution < -0.4 is 10.5 Å². The van der Waals surface area contributed by atoms with Gasteiger partial charge in [-0.1, -0.05) is 26.7 Å². The first kappa shape index (κ1) is 15.9. The predicted octanol–water partition coefficient (Wildman–Crippen LogP) is 2.51. The van der Waals surface area contributed by atoms with Crippen LogP contribution in [0.3, 0.4) is 0 Å². The van der Waals surface area contributed by atoms with E-state index in [0.717, 1.165) is 18.9 Å². The lowest BCUT2D eigenvalue weighted by Gasteiger charge is -2.22. The van der Waals surface area contributed by atoms with E-state index in [0.29, 0.717) is 0 Å². The molecule has 0 aliphatic rings. The molecule has 1 rings (SSSR count). The van der Waals surface area contributed by atoms with Gasteiger partial charge in [-0.25, -0.2) is 17.5 Å². The molecule has 19 heavy (non-hydrogen) atoms. The lowest BCUT2D eigenvalue weighted by atomic mass is 9.96. The van der Waals surface area contributed by atoms with Crippen molar-refractivity contribution in [3.05, 3.63) is 24.0 Å². The summed E-state index contributed by atoms with van der Waals surface area (Å²) in [6.07, 6.45) is 1.73. The van der Waals surface area contributed by atoms with Crippen LogP contribution in [0.15, 0.2) is 23.1 Å². The fraction of sp³-hybridized carbons (Fsp3) is 0.538. The van der Waals surface area contributed by atoms with Crippen LogP contribution in [0.1, 0.15) is 33.6 Å². The maximum absolute atomic E-state index is 13.7. The predicted molar refractivity (Wildman–Crippen MR) is 74.7 cm³/mol. The van der Waals surface area contributed by atoms with Crippen LogP contribution in [0.2, 0.25) is 0 Å². The average Bonchev–Trinajstić information content (AvgIpc) is 2.29. The molecular formula is C13H21FN2O2S. The average molecular weight is 288 g/mol. The van der Waals surface area contributed by atoms with Gasteiger partial charge in [-0.2, -0.15) is 0 Å². The van der Waals surface area contributed by atoms with Crippen molar-refractivity contribution < 1.29 is 12.8 Å². The van der Waals surface area contributed by atoms with Gasteiger partial charge in [0.05, 0.1) is 0 Å². The zero-order chi connectivity index (χ0) is 14.6. The molecular weight excluding hydrogens is 267 g/mol. The van der Waals surface area contributed by atoms with Crippen LogP contribution in [-0.2, 0) is 10.0 Å². The lowest BCUT2D eigenvalue weighted by Crippen LogP contribution is -2.38. The summed E-state index contributed by atoms with van der Waals surface area (Å²) >= 11 is 0. The fourth-order valence-corrected chi connectivity index (χ4v) is 3.51. The van der Waals surface area contributed by atoms with Crippen LogP contribution in [0, 0.1) is 11.7 Å². The lowest BCUT2D eigenvalue weighted by molar-refractivity contribution is 0.390. The highest BCUT2D eigenvalue weighted by Crippen LogP contribution is 2.20. The molecule has 4 nitrogen and oxygen atoms in total. The standard InChI is InChI=1S/C13H21FN2O2S/c1-4-10(5-2)9(3)16-19(17,18)13-7-6-11(15)8-12(13)14/h6-10,16H,4-5,15H2,1-3H3. The Kier molecular flexibility index (Phi) is 5.31. The molecule has 0 saturated heterocycles. The van der Waals surface area contributed by atoms with Crippen molar-refractivity contribution in [2.75, 3.05) is 5.73 Å². The molecule has 0 fully saturated rings. The van der Waals surface area contributed by atoms with E-state index in [4.69, 9.17) is 5.73 Å². The molecule has 1 aromatic carbocycles. The molecule has 0 heterocycles. The first-order valence-electron chi connectivity index (χ1n) is 6.39. The highest BCUT2D eigenvalue weighted by atomic mass is 32.2. The smallest absolute Gasteiger partial charge is 0.243 e. The first-order chi connectivity index (χ1) is 8.81. The normalized spacial score (nSPS) is 13.7. The summed E-state index contributed by atoms with van der Waals surface area (Å²) in [7, 11) is -3.85. The summed E-state index contributed by atoms with van der Waals surface area (Å²) in [5, 5.41) is 0. The second-order valence-corrected chi connectivity index (χ2v) is 6.36. The van der Waals surface area contributed by atoms with Gasteiger partial charge in [0, 0.05) is 11.7 Å². The molecule has 3 N–H and O–H groups in total. The number of anilines is 1. The van der Waals surface area contributed by atoms with E-state index >= 15 is 0 Å². The van der Waals surface area contributed by atoms with E-state index in [1.54, 1.807) is 6.92 Å². The summed E-state index contributed by atoms with van der Waals surface area (Å²) in [4.78, 5) is -0.362. The number of rotatable bonds is 6. The Bertz CT molecular complexity index is 527. The molecule has 0 aliphatic carbocycles. The molecule has 1 unspecified atom stereocenters. The van der Waals surface area contributed by atoms with Crippen molar-refractivity contribution in [1.29, 1.82) is 0 Å². The second kappa shape index (κ2) is 6.34. The fourth-order valence-electron chi connectivity index (χ4n) is 2.14. The zero-order valence-corrected chi connectivity index (χ0v) is 12.3. The van der Waals surface area contributed by atoms with Crippen molar-refractivity contribution in [2.24, 2.45) is 5.92 Å². The molecule has 0 radical (unpaired) electrons. The molecule has 0 saturated carbocycles. The van der Waals surface area contributed by atoms with Gasteiger partial charge in [0.2, 0.25) is 10.0 Å². The third-order valence-corrected chi connectivity index (χ3v) is 4.93. The van der Waals surface area contributed by atoms with E-state index in [9.17, 15) is 12.8 Å². The molecule has 0 spiro atoms. The Hall–Kier alpha value is -1.14. The number of benzene rings is 1. The van der Waals surface area contributed by atoms with Gasteiger partial charge < -0.3 is 5.73 Å². The third-order valence-electron chi connectivity index (χ3n) is 3.34. The molecule has 0 aromatic heterocycles. The maximum Gasteiger partial charge on any atom is 0.243 e. The Morgan fingerprint density at radius 1 is 1.32 bits per heavy atom. The van der Waals surface area contributed by atoms with Crippen LogP contribution in [0.5, 0.6) is 0 Å². The minimum absolute atomic E-state index is 0.199. The number of nitrogen functional groups attached to an aromatic ring is 1. The number of nitrogens with two attached hydrogens (primary N) is 1. The molecule has 108 valence electrons. The van der Waals surface area contributed by atoms with Gasteiger partial charge in [0.1, 0.15) is 10.7 Å². The topological polar surface area (TPSA) is 72.2 Å². The first-order valence-corrected chi connectivity index (χ1v) is 7.87. The van der Waals surface area contributed by atoms with E-state index in [1.165, 1.54) is 12.1 Å². The number of sulfonamides is 1. The van der Waals surface area contributed by atoms with Gasteiger partial charge in [0.15, 0.2) is 0 Å². The monoisotopic (exact) mass is 288 g/mol. The number of nitrogens with one attached hydrogen (secondary N) is 1. The summed E-state index contributed by atoms with van der Waals surface area (Å²) in [6, 6.07) is 3.33. The van der Waals surface area contributed by atoms with Gasteiger partial charge in [-0.05, 0) is 31.0 Å². The van der Waals surface area contributed by atoms with Crippen molar-refractivity contribution in [2.45, 2.75) is 44.6 Å². The molecule has 0 aliphatic heterocycles. The largest absolute Gasteiger partial charge is 0.399 e. The van der Waals surface area contributed by atoms with Crippen molar-refractivity contribution in [1.82, 2.24) is 4.72 Å². The van der Waals surface area contributed by atoms with Gasteiger partial charge in [-0.15, -0.1) is 0 Å². The van der Waals surface area contributed by atoms with E-state index in [1.807, 2.05) is 13.8 Å². The Morgan fingerprint density at radius 3 is 2.37 bits per heavy atom. The number of halogens is 1. The highest BCUT2D eigenvalue weighted by molar-refractivity contribution is 7.89. The Labute approximate surface area is 114 Å². The summed E-state index contributed by atoms with van der Waals surface area (Å²) in [5.74, 6) is -0.601.